The Morgan fingerprint density at radius 3 is 2.58 bits per heavy atom. The molecule has 0 heterocycles. The first-order valence-electron chi connectivity index (χ1n) is 5.54. The minimum Gasteiger partial charge on any atom is -0.351 e. The van der Waals surface area contributed by atoms with E-state index in [4.69, 9.17) is 11.6 Å². The fourth-order valence-electron chi connectivity index (χ4n) is 1.22. The van der Waals surface area contributed by atoms with Gasteiger partial charge in [0.05, 0.1) is 0 Å². The number of carbonyl (C=O) groups is 1. The zero-order valence-electron chi connectivity index (χ0n) is 10.7. The number of hydrogen-bond acceptors (Lipinski definition) is 3. The maximum Gasteiger partial charge on any atom is 0.278 e. The van der Waals surface area contributed by atoms with Crippen molar-refractivity contribution in [2.24, 2.45) is 0 Å². The summed E-state index contributed by atoms with van der Waals surface area (Å²) in [7, 11) is -0.610. The van der Waals surface area contributed by atoms with Gasteiger partial charge in [0.1, 0.15) is 0 Å². The van der Waals surface area contributed by atoms with Crippen molar-refractivity contribution in [1.82, 2.24) is 14.3 Å². The number of benzene rings is 1. The summed E-state index contributed by atoms with van der Waals surface area (Å²) in [6.45, 7) is 0.311. The van der Waals surface area contributed by atoms with E-state index in [9.17, 15) is 13.2 Å². The molecule has 0 aromatic heterocycles. The van der Waals surface area contributed by atoms with E-state index in [0.717, 1.165) is 4.31 Å². The van der Waals surface area contributed by atoms with Crippen LogP contribution in [0.1, 0.15) is 10.4 Å². The molecule has 1 aromatic rings. The third kappa shape index (κ3) is 5.15. The standard InChI is InChI=1S/C11H16ClN3O3S/c1-15(2)19(17,18)14-7-6-13-11(16)9-4-3-5-10(12)8-9/h3-5,8,14H,6-7H2,1-2H3,(H,13,16). The van der Waals surface area contributed by atoms with Crippen LogP contribution in [0.2, 0.25) is 5.02 Å². The number of amides is 1. The van der Waals surface area contributed by atoms with Gasteiger partial charge in [0.25, 0.3) is 16.1 Å². The zero-order valence-corrected chi connectivity index (χ0v) is 12.3. The molecule has 0 saturated heterocycles. The molecule has 0 aliphatic rings. The number of nitrogens with one attached hydrogen (secondary N) is 2. The van der Waals surface area contributed by atoms with Gasteiger partial charge in [0, 0.05) is 37.8 Å². The Bertz CT molecular complexity index is 546. The lowest BCUT2D eigenvalue weighted by Crippen LogP contribution is -2.40. The number of nitrogens with zero attached hydrogens (tertiary/aromatic N) is 1. The van der Waals surface area contributed by atoms with Crippen molar-refractivity contribution < 1.29 is 13.2 Å². The van der Waals surface area contributed by atoms with Gasteiger partial charge in [-0.3, -0.25) is 4.79 Å². The fraction of sp³-hybridized carbons (Fsp3) is 0.364. The highest BCUT2D eigenvalue weighted by atomic mass is 35.5. The van der Waals surface area contributed by atoms with Gasteiger partial charge in [0.15, 0.2) is 0 Å². The second-order valence-electron chi connectivity index (χ2n) is 3.95. The van der Waals surface area contributed by atoms with Crippen LogP contribution >= 0.6 is 11.6 Å². The van der Waals surface area contributed by atoms with Gasteiger partial charge in [-0.1, -0.05) is 17.7 Å². The predicted molar refractivity (Wildman–Crippen MR) is 74.4 cm³/mol. The van der Waals surface area contributed by atoms with Crippen LogP contribution < -0.4 is 10.0 Å². The molecule has 0 bridgehead atoms. The zero-order chi connectivity index (χ0) is 14.5. The molecule has 2 N–H and O–H groups in total. The van der Waals surface area contributed by atoms with Gasteiger partial charge >= 0.3 is 0 Å². The van der Waals surface area contributed by atoms with Crippen molar-refractivity contribution in [3.05, 3.63) is 34.9 Å². The highest BCUT2D eigenvalue weighted by Gasteiger charge is 2.12. The molecule has 0 aliphatic carbocycles. The Morgan fingerprint density at radius 1 is 1.32 bits per heavy atom. The van der Waals surface area contributed by atoms with Crippen molar-refractivity contribution in [1.29, 1.82) is 0 Å². The van der Waals surface area contributed by atoms with Crippen molar-refractivity contribution >= 4 is 27.7 Å². The monoisotopic (exact) mass is 305 g/mol. The number of rotatable bonds is 6. The van der Waals surface area contributed by atoms with Gasteiger partial charge in [-0.15, -0.1) is 0 Å². The average molecular weight is 306 g/mol. The molecule has 8 heteroatoms. The van der Waals surface area contributed by atoms with Crippen LogP contribution in [0.3, 0.4) is 0 Å². The van der Waals surface area contributed by atoms with Crippen LogP contribution in [0.4, 0.5) is 0 Å². The Morgan fingerprint density at radius 2 is 2.00 bits per heavy atom. The molecule has 0 aliphatic heterocycles. The van der Waals surface area contributed by atoms with Gasteiger partial charge < -0.3 is 5.32 Å². The van der Waals surface area contributed by atoms with E-state index >= 15 is 0 Å². The topological polar surface area (TPSA) is 78.5 Å². The van der Waals surface area contributed by atoms with Crippen molar-refractivity contribution in [3.63, 3.8) is 0 Å². The van der Waals surface area contributed by atoms with E-state index < -0.39 is 10.2 Å². The van der Waals surface area contributed by atoms with Crippen molar-refractivity contribution in [3.8, 4) is 0 Å². The van der Waals surface area contributed by atoms with E-state index in [1.807, 2.05) is 0 Å². The first-order chi connectivity index (χ1) is 8.83. The Labute approximate surface area is 117 Å². The highest BCUT2D eigenvalue weighted by molar-refractivity contribution is 7.87. The normalized spacial score (nSPS) is 11.6. The lowest BCUT2D eigenvalue weighted by atomic mass is 10.2. The number of hydrogen-bond donors (Lipinski definition) is 2. The molecular weight excluding hydrogens is 290 g/mol. The minimum absolute atomic E-state index is 0.118. The van der Waals surface area contributed by atoms with E-state index in [-0.39, 0.29) is 19.0 Å². The summed E-state index contributed by atoms with van der Waals surface area (Å²) in [6.07, 6.45) is 0. The lowest BCUT2D eigenvalue weighted by Gasteiger charge is -2.12. The van der Waals surface area contributed by atoms with E-state index in [0.29, 0.717) is 10.6 Å². The molecule has 0 saturated carbocycles. The maximum atomic E-state index is 11.7. The summed E-state index contributed by atoms with van der Waals surface area (Å²) in [5.41, 5.74) is 0.433. The summed E-state index contributed by atoms with van der Waals surface area (Å²) in [4.78, 5) is 11.7. The van der Waals surface area contributed by atoms with Crippen LogP contribution in [0.25, 0.3) is 0 Å². The van der Waals surface area contributed by atoms with Gasteiger partial charge in [0.2, 0.25) is 0 Å². The van der Waals surface area contributed by atoms with E-state index in [2.05, 4.69) is 10.0 Å². The second kappa shape index (κ2) is 6.85. The molecule has 1 rings (SSSR count). The third-order valence-electron chi connectivity index (χ3n) is 2.26. The first-order valence-corrected chi connectivity index (χ1v) is 7.35. The molecule has 0 radical (unpaired) electrons. The molecule has 0 spiro atoms. The largest absolute Gasteiger partial charge is 0.351 e. The Kier molecular flexibility index (Phi) is 5.74. The van der Waals surface area contributed by atoms with Gasteiger partial charge in [-0.25, -0.2) is 4.72 Å². The molecule has 106 valence electrons. The van der Waals surface area contributed by atoms with Crippen molar-refractivity contribution in [2.75, 3.05) is 27.2 Å². The molecule has 0 unspecified atom stereocenters. The molecule has 1 amide bonds. The third-order valence-corrected chi connectivity index (χ3v) is 4.03. The average Bonchev–Trinajstić information content (AvgIpc) is 2.34. The maximum absolute atomic E-state index is 11.7. The molecule has 0 atom stereocenters. The van der Waals surface area contributed by atoms with Crippen LogP contribution in [0.5, 0.6) is 0 Å². The lowest BCUT2D eigenvalue weighted by molar-refractivity contribution is 0.0954. The fourth-order valence-corrected chi connectivity index (χ4v) is 2.03. The smallest absolute Gasteiger partial charge is 0.278 e. The minimum atomic E-state index is -3.46. The molecule has 0 fully saturated rings. The summed E-state index contributed by atoms with van der Waals surface area (Å²) >= 11 is 5.77. The summed E-state index contributed by atoms with van der Waals surface area (Å²) < 4.78 is 26.1. The molecule has 19 heavy (non-hydrogen) atoms. The number of halogens is 1. The first kappa shape index (κ1) is 15.9. The van der Waals surface area contributed by atoms with Crippen molar-refractivity contribution in [2.45, 2.75) is 0 Å². The summed E-state index contributed by atoms with van der Waals surface area (Å²) in [5, 5.41) is 3.07. The SMILES string of the molecule is CN(C)S(=O)(=O)NCCNC(=O)c1cccc(Cl)c1. The Hall–Kier alpha value is -1.15. The van der Waals surface area contributed by atoms with Gasteiger partial charge in [-0.2, -0.15) is 12.7 Å². The quantitative estimate of drug-likeness (QED) is 0.750. The predicted octanol–water partition coefficient (Wildman–Crippen LogP) is 0.466. The van der Waals surface area contributed by atoms with Crippen LogP contribution in [-0.4, -0.2) is 45.8 Å². The molecular formula is C11H16ClN3O3S. The van der Waals surface area contributed by atoms with Crippen LogP contribution in [-0.2, 0) is 10.2 Å². The second-order valence-corrected chi connectivity index (χ2v) is 6.35. The highest BCUT2D eigenvalue weighted by Crippen LogP contribution is 2.10. The van der Waals surface area contributed by atoms with Crippen LogP contribution in [0.15, 0.2) is 24.3 Å². The molecule has 1 aromatic carbocycles. The van der Waals surface area contributed by atoms with Gasteiger partial charge in [-0.05, 0) is 18.2 Å². The summed E-state index contributed by atoms with van der Waals surface area (Å²) in [5.74, 6) is -0.299. The summed E-state index contributed by atoms with van der Waals surface area (Å²) in [6, 6.07) is 6.52. The van der Waals surface area contributed by atoms with Crippen LogP contribution in [0, 0.1) is 0 Å². The van der Waals surface area contributed by atoms with E-state index in [1.165, 1.54) is 14.1 Å². The Balaban J connectivity index is 2.40. The molecule has 6 nitrogen and oxygen atoms in total. The van der Waals surface area contributed by atoms with E-state index in [1.54, 1.807) is 24.3 Å². The number of carbonyl (C=O) groups excluding carboxylic acids is 1.